The topological polar surface area (TPSA) is 102 Å². The summed E-state index contributed by atoms with van der Waals surface area (Å²) in [7, 11) is 0. The average molecular weight is 183 g/mol. The van der Waals surface area contributed by atoms with E-state index in [1.807, 2.05) is 0 Å². The predicted molar refractivity (Wildman–Crippen MR) is 41.2 cm³/mol. The zero-order chi connectivity index (χ0) is 9.47. The van der Waals surface area contributed by atoms with E-state index in [9.17, 15) is 4.79 Å². The van der Waals surface area contributed by atoms with Gasteiger partial charge in [-0.1, -0.05) is 0 Å². The van der Waals surface area contributed by atoms with Crippen molar-refractivity contribution in [3.8, 4) is 0 Å². The Labute approximate surface area is 73.7 Å². The maximum absolute atomic E-state index is 10.4. The molecular formula is C7H9N3O3. The summed E-state index contributed by atoms with van der Waals surface area (Å²) in [4.78, 5) is 14.2. The van der Waals surface area contributed by atoms with Crippen LogP contribution in [0.4, 0.5) is 0 Å². The molecule has 1 fully saturated rings. The van der Waals surface area contributed by atoms with Crippen molar-refractivity contribution < 1.29 is 14.4 Å². The standard InChI is InChI=1S/C7H9N3O3/c8-3-7(1-2-7)6-9-4(5(11)12)10-13-6/h1-3,8H2,(H,11,12). The minimum Gasteiger partial charge on any atom is -0.475 e. The summed E-state index contributed by atoms with van der Waals surface area (Å²) in [6.07, 6.45) is 1.79. The molecule has 0 saturated heterocycles. The second kappa shape index (κ2) is 2.53. The van der Waals surface area contributed by atoms with Crippen molar-refractivity contribution >= 4 is 5.97 Å². The monoisotopic (exact) mass is 183 g/mol. The van der Waals surface area contributed by atoms with Crippen molar-refractivity contribution in [2.24, 2.45) is 5.73 Å². The lowest BCUT2D eigenvalue weighted by atomic mass is 10.1. The number of carbonyl (C=O) groups is 1. The molecular weight excluding hydrogens is 174 g/mol. The molecule has 13 heavy (non-hydrogen) atoms. The Morgan fingerprint density at radius 2 is 2.38 bits per heavy atom. The van der Waals surface area contributed by atoms with Crippen LogP contribution < -0.4 is 5.73 Å². The van der Waals surface area contributed by atoms with Crippen LogP contribution in [0.15, 0.2) is 4.52 Å². The molecule has 1 heterocycles. The molecule has 3 N–H and O–H groups in total. The summed E-state index contributed by atoms with van der Waals surface area (Å²) in [5, 5.41) is 11.9. The highest BCUT2D eigenvalue weighted by Gasteiger charge is 2.48. The summed E-state index contributed by atoms with van der Waals surface area (Å²) >= 11 is 0. The molecule has 1 aromatic heterocycles. The van der Waals surface area contributed by atoms with E-state index >= 15 is 0 Å². The van der Waals surface area contributed by atoms with Gasteiger partial charge in [0.1, 0.15) is 0 Å². The van der Waals surface area contributed by atoms with Gasteiger partial charge in [-0.05, 0) is 18.0 Å². The number of hydrogen-bond acceptors (Lipinski definition) is 5. The van der Waals surface area contributed by atoms with E-state index in [0.717, 1.165) is 12.8 Å². The van der Waals surface area contributed by atoms with Crippen molar-refractivity contribution in [2.75, 3.05) is 6.54 Å². The number of nitrogens with two attached hydrogens (primary N) is 1. The molecule has 70 valence electrons. The Kier molecular flexibility index (Phi) is 1.59. The first-order valence-electron chi connectivity index (χ1n) is 3.95. The minimum atomic E-state index is -1.18. The Morgan fingerprint density at radius 3 is 2.77 bits per heavy atom. The van der Waals surface area contributed by atoms with Gasteiger partial charge in [0, 0.05) is 6.54 Å². The second-order valence-electron chi connectivity index (χ2n) is 3.21. The molecule has 0 radical (unpaired) electrons. The summed E-state index contributed by atoms with van der Waals surface area (Å²) in [6.45, 7) is 0.425. The van der Waals surface area contributed by atoms with Crippen molar-refractivity contribution in [1.82, 2.24) is 10.1 Å². The minimum absolute atomic E-state index is 0.235. The fraction of sp³-hybridized carbons (Fsp3) is 0.571. The third kappa shape index (κ3) is 1.19. The molecule has 1 saturated carbocycles. The van der Waals surface area contributed by atoms with Gasteiger partial charge in [0.25, 0.3) is 5.82 Å². The van der Waals surface area contributed by atoms with Crippen molar-refractivity contribution in [1.29, 1.82) is 0 Å². The molecule has 0 aliphatic heterocycles. The number of aromatic carboxylic acids is 1. The number of carboxylic acids is 1. The fourth-order valence-electron chi connectivity index (χ4n) is 1.18. The lowest BCUT2D eigenvalue weighted by molar-refractivity contribution is 0.0680. The number of aromatic nitrogens is 2. The summed E-state index contributed by atoms with van der Waals surface area (Å²) in [5.74, 6) is -1.12. The maximum atomic E-state index is 10.4. The summed E-state index contributed by atoms with van der Waals surface area (Å²) < 4.78 is 4.82. The zero-order valence-electron chi connectivity index (χ0n) is 6.86. The van der Waals surface area contributed by atoms with E-state index in [2.05, 4.69) is 10.1 Å². The van der Waals surface area contributed by atoms with E-state index in [0.29, 0.717) is 12.4 Å². The van der Waals surface area contributed by atoms with Crippen molar-refractivity contribution in [3.05, 3.63) is 11.7 Å². The van der Waals surface area contributed by atoms with E-state index in [4.69, 9.17) is 15.4 Å². The van der Waals surface area contributed by atoms with Crippen LogP contribution in [0.3, 0.4) is 0 Å². The molecule has 0 amide bonds. The van der Waals surface area contributed by atoms with Gasteiger partial charge in [-0.15, -0.1) is 0 Å². The normalized spacial score (nSPS) is 18.5. The summed E-state index contributed by atoms with van der Waals surface area (Å²) in [6, 6.07) is 0. The van der Waals surface area contributed by atoms with Gasteiger partial charge in [-0.25, -0.2) is 4.79 Å². The quantitative estimate of drug-likeness (QED) is 0.670. The molecule has 0 unspecified atom stereocenters. The van der Waals surface area contributed by atoms with Crippen LogP contribution in [0.2, 0.25) is 0 Å². The second-order valence-corrected chi connectivity index (χ2v) is 3.21. The van der Waals surface area contributed by atoms with E-state index in [1.54, 1.807) is 0 Å². The molecule has 1 aromatic rings. The van der Waals surface area contributed by atoms with E-state index in [-0.39, 0.29) is 11.2 Å². The number of rotatable bonds is 3. The maximum Gasteiger partial charge on any atom is 0.377 e. The SMILES string of the molecule is NCC1(c2nc(C(=O)O)no2)CC1. The molecule has 0 bridgehead atoms. The lowest BCUT2D eigenvalue weighted by Crippen LogP contribution is -2.20. The first kappa shape index (κ1) is 8.18. The smallest absolute Gasteiger partial charge is 0.377 e. The van der Waals surface area contributed by atoms with Gasteiger partial charge in [0.05, 0.1) is 5.41 Å². The van der Waals surface area contributed by atoms with Crippen LogP contribution in [0.5, 0.6) is 0 Å². The number of carboxylic acid groups (broad SMARTS) is 1. The lowest BCUT2D eigenvalue weighted by Gasteiger charge is -2.03. The van der Waals surface area contributed by atoms with Gasteiger partial charge in [-0.2, -0.15) is 4.98 Å². The van der Waals surface area contributed by atoms with Crippen molar-refractivity contribution in [2.45, 2.75) is 18.3 Å². The molecule has 2 rings (SSSR count). The average Bonchev–Trinajstić information content (AvgIpc) is 2.75. The van der Waals surface area contributed by atoms with Gasteiger partial charge in [-0.3, -0.25) is 0 Å². The van der Waals surface area contributed by atoms with Crippen LogP contribution in [-0.2, 0) is 5.41 Å². The van der Waals surface area contributed by atoms with Gasteiger partial charge < -0.3 is 15.4 Å². The van der Waals surface area contributed by atoms with Gasteiger partial charge in [0.2, 0.25) is 5.89 Å². The highest BCUT2D eigenvalue weighted by atomic mass is 16.5. The number of hydrogen-bond donors (Lipinski definition) is 2. The highest BCUT2D eigenvalue weighted by Crippen LogP contribution is 2.46. The molecule has 1 aliphatic carbocycles. The van der Waals surface area contributed by atoms with E-state index < -0.39 is 5.97 Å². The van der Waals surface area contributed by atoms with Crippen LogP contribution in [0.1, 0.15) is 29.4 Å². The predicted octanol–water partition coefficient (Wildman–Crippen LogP) is -0.242. The Hall–Kier alpha value is -1.43. The van der Waals surface area contributed by atoms with Crippen LogP contribution >= 0.6 is 0 Å². The summed E-state index contributed by atoms with van der Waals surface area (Å²) in [5.41, 5.74) is 5.28. The van der Waals surface area contributed by atoms with Crippen LogP contribution in [0.25, 0.3) is 0 Å². The Morgan fingerprint density at radius 1 is 1.69 bits per heavy atom. The molecule has 0 atom stereocenters. The van der Waals surface area contributed by atoms with Gasteiger partial charge >= 0.3 is 5.97 Å². The fourth-order valence-corrected chi connectivity index (χ4v) is 1.18. The highest BCUT2D eigenvalue weighted by molar-refractivity contribution is 5.82. The molecule has 1 aliphatic rings. The third-order valence-electron chi connectivity index (χ3n) is 2.32. The van der Waals surface area contributed by atoms with Crippen LogP contribution in [0, 0.1) is 0 Å². The first-order valence-corrected chi connectivity index (χ1v) is 3.95. The Balaban J connectivity index is 2.28. The number of nitrogens with zero attached hydrogens (tertiary/aromatic N) is 2. The third-order valence-corrected chi connectivity index (χ3v) is 2.32. The largest absolute Gasteiger partial charge is 0.475 e. The molecule has 6 heteroatoms. The molecule has 0 aromatic carbocycles. The van der Waals surface area contributed by atoms with Crippen molar-refractivity contribution in [3.63, 3.8) is 0 Å². The molecule has 6 nitrogen and oxygen atoms in total. The zero-order valence-corrected chi connectivity index (χ0v) is 6.86. The van der Waals surface area contributed by atoms with E-state index in [1.165, 1.54) is 0 Å². The van der Waals surface area contributed by atoms with Crippen LogP contribution in [-0.4, -0.2) is 27.8 Å². The molecule has 0 spiro atoms. The Bertz CT molecular complexity index is 343. The van der Waals surface area contributed by atoms with Gasteiger partial charge in [0.15, 0.2) is 0 Å². The first-order chi connectivity index (χ1) is 6.18.